The highest BCUT2D eigenvalue weighted by molar-refractivity contribution is 4.67. The lowest BCUT2D eigenvalue weighted by atomic mass is 9.90. The summed E-state index contributed by atoms with van der Waals surface area (Å²) in [5, 5.41) is 10.2. The van der Waals surface area contributed by atoms with Gasteiger partial charge in [-0.25, -0.2) is 0 Å². The maximum absolute atomic E-state index is 10.2. The standard InChI is InChI=1S/C20H40O/c1-5-7-9-10-11-12-13-15-19(4)17-20(21)16-18(3)14-8-6-2/h5,18-21H,1,6-17H2,2-4H3/t18-,19+,20-/m1/s1. The third kappa shape index (κ3) is 14.4. The van der Waals surface area contributed by atoms with Crippen molar-refractivity contribution in [1.29, 1.82) is 0 Å². The number of aliphatic hydroxyl groups excluding tert-OH is 1. The fraction of sp³-hybridized carbons (Fsp3) is 0.900. The van der Waals surface area contributed by atoms with Crippen LogP contribution in [0.3, 0.4) is 0 Å². The monoisotopic (exact) mass is 296 g/mol. The van der Waals surface area contributed by atoms with Crippen LogP contribution in [0.15, 0.2) is 12.7 Å². The quantitative estimate of drug-likeness (QED) is 0.270. The van der Waals surface area contributed by atoms with E-state index in [0.717, 1.165) is 12.8 Å². The van der Waals surface area contributed by atoms with E-state index in [2.05, 4.69) is 27.4 Å². The minimum absolute atomic E-state index is 0.0838. The van der Waals surface area contributed by atoms with Crippen molar-refractivity contribution < 1.29 is 5.11 Å². The lowest BCUT2D eigenvalue weighted by molar-refractivity contribution is 0.115. The van der Waals surface area contributed by atoms with E-state index in [1.54, 1.807) is 0 Å². The third-order valence-electron chi connectivity index (χ3n) is 4.50. The van der Waals surface area contributed by atoms with Crippen LogP contribution in [-0.2, 0) is 0 Å². The van der Waals surface area contributed by atoms with Crippen LogP contribution in [0.25, 0.3) is 0 Å². The van der Waals surface area contributed by atoms with Crippen molar-refractivity contribution in [3.63, 3.8) is 0 Å². The Morgan fingerprint density at radius 3 is 1.95 bits per heavy atom. The summed E-state index contributed by atoms with van der Waals surface area (Å²) in [5.41, 5.74) is 0. The fourth-order valence-corrected chi connectivity index (χ4v) is 3.13. The Morgan fingerprint density at radius 2 is 1.38 bits per heavy atom. The van der Waals surface area contributed by atoms with Crippen LogP contribution in [0.5, 0.6) is 0 Å². The van der Waals surface area contributed by atoms with E-state index in [9.17, 15) is 5.11 Å². The average molecular weight is 297 g/mol. The van der Waals surface area contributed by atoms with Crippen LogP contribution >= 0.6 is 0 Å². The molecule has 0 aliphatic rings. The molecule has 0 spiro atoms. The molecule has 0 fully saturated rings. The molecule has 0 aromatic rings. The Hall–Kier alpha value is -0.300. The second-order valence-corrected chi connectivity index (χ2v) is 7.11. The zero-order chi connectivity index (χ0) is 15.9. The van der Waals surface area contributed by atoms with Crippen LogP contribution in [0.1, 0.15) is 97.8 Å². The van der Waals surface area contributed by atoms with Crippen LogP contribution in [-0.4, -0.2) is 11.2 Å². The molecular weight excluding hydrogens is 256 g/mol. The fourth-order valence-electron chi connectivity index (χ4n) is 3.13. The van der Waals surface area contributed by atoms with E-state index in [1.165, 1.54) is 64.2 Å². The van der Waals surface area contributed by atoms with Crippen molar-refractivity contribution in [2.45, 2.75) is 104 Å². The van der Waals surface area contributed by atoms with E-state index in [-0.39, 0.29) is 6.10 Å². The summed E-state index contributed by atoms with van der Waals surface area (Å²) in [6.45, 7) is 10.6. The number of aliphatic hydroxyl groups is 1. The Balaban J connectivity index is 3.50. The maximum Gasteiger partial charge on any atom is 0.0545 e. The van der Waals surface area contributed by atoms with Crippen molar-refractivity contribution in [2.24, 2.45) is 11.8 Å². The van der Waals surface area contributed by atoms with Crippen molar-refractivity contribution in [1.82, 2.24) is 0 Å². The molecule has 0 radical (unpaired) electrons. The SMILES string of the molecule is C=CCCCCCCC[C@H](C)C[C@H](O)C[C@H](C)CCCC. The maximum atomic E-state index is 10.2. The van der Waals surface area contributed by atoms with Gasteiger partial charge in [0.05, 0.1) is 6.10 Å². The Labute approximate surface area is 134 Å². The first-order valence-corrected chi connectivity index (χ1v) is 9.39. The van der Waals surface area contributed by atoms with Gasteiger partial charge in [-0.3, -0.25) is 0 Å². The second-order valence-electron chi connectivity index (χ2n) is 7.11. The highest BCUT2D eigenvalue weighted by Gasteiger charge is 2.13. The highest BCUT2D eigenvalue weighted by Crippen LogP contribution is 2.21. The van der Waals surface area contributed by atoms with Crippen LogP contribution < -0.4 is 0 Å². The van der Waals surface area contributed by atoms with Gasteiger partial charge in [-0.15, -0.1) is 6.58 Å². The van der Waals surface area contributed by atoms with Gasteiger partial charge < -0.3 is 5.11 Å². The van der Waals surface area contributed by atoms with E-state index in [1.807, 2.05) is 6.08 Å². The number of hydrogen-bond acceptors (Lipinski definition) is 1. The Morgan fingerprint density at radius 1 is 0.857 bits per heavy atom. The summed E-state index contributed by atoms with van der Waals surface area (Å²) in [4.78, 5) is 0. The van der Waals surface area contributed by atoms with E-state index in [0.29, 0.717) is 11.8 Å². The normalized spacial score (nSPS) is 15.6. The van der Waals surface area contributed by atoms with Gasteiger partial charge in [-0.1, -0.05) is 78.2 Å². The van der Waals surface area contributed by atoms with E-state index >= 15 is 0 Å². The summed E-state index contributed by atoms with van der Waals surface area (Å²) in [6.07, 6.45) is 16.9. The molecule has 0 aliphatic carbocycles. The number of unbranched alkanes of at least 4 members (excludes halogenated alkanes) is 6. The predicted octanol–water partition coefficient (Wildman–Crippen LogP) is 6.51. The predicted molar refractivity (Wildman–Crippen MR) is 95.6 cm³/mol. The smallest absolute Gasteiger partial charge is 0.0545 e. The number of hydrogen-bond donors (Lipinski definition) is 1. The van der Waals surface area contributed by atoms with Crippen molar-refractivity contribution in [2.75, 3.05) is 0 Å². The molecule has 0 aliphatic heterocycles. The molecule has 3 atom stereocenters. The largest absolute Gasteiger partial charge is 0.393 e. The van der Waals surface area contributed by atoms with Crippen molar-refractivity contribution in [3.05, 3.63) is 12.7 Å². The van der Waals surface area contributed by atoms with Gasteiger partial charge in [-0.2, -0.15) is 0 Å². The Bertz CT molecular complexity index is 224. The molecule has 0 aromatic heterocycles. The van der Waals surface area contributed by atoms with Gasteiger partial charge in [0.25, 0.3) is 0 Å². The van der Waals surface area contributed by atoms with Gasteiger partial charge in [0.15, 0.2) is 0 Å². The molecule has 21 heavy (non-hydrogen) atoms. The zero-order valence-electron chi connectivity index (χ0n) is 14.9. The first-order valence-electron chi connectivity index (χ1n) is 9.39. The first kappa shape index (κ1) is 20.7. The minimum Gasteiger partial charge on any atom is -0.393 e. The molecule has 0 heterocycles. The zero-order valence-corrected chi connectivity index (χ0v) is 14.9. The molecule has 0 rings (SSSR count). The van der Waals surface area contributed by atoms with Crippen LogP contribution in [0.2, 0.25) is 0 Å². The summed E-state index contributed by atoms with van der Waals surface area (Å²) < 4.78 is 0. The van der Waals surface area contributed by atoms with Crippen molar-refractivity contribution in [3.8, 4) is 0 Å². The molecule has 0 unspecified atom stereocenters. The Kier molecular flexibility index (Phi) is 14.4. The molecule has 1 heteroatoms. The number of rotatable bonds is 15. The van der Waals surface area contributed by atoms with Crippen LogP contribution in [0.4, 0.5) is 0 Å². The van der Waals surface area contributed by atoms with Gasteiger partial charge in [0.2, 0.25) is 0 Å². The molecule has 0 bridgehead atoms. The van der Waals surface area contributed by atoms with Crippen molar-refractivity contribution >= 4 is 0 Å². The molecule has 0 saturated heterocycles. The van der Waals surface area contributed by atoms with Gasteiger partial charge in [0.1, 0.15) is 0 Å². The van der Waals surface area contributed by atoms with Crippen LogP contribution in [0, 0.1) is 11.8 Å². The first-order chi connectivity index (χ1) is 10.1. The molecule has 0 saturated carbocycles. The second kappa shape index (κ2) is 14.6. The molecule has 1 N–H and O–H groups in total. The van der Waals surface area contributed by atoms with Gasteiger partial charge in [0, 0.05) is 0 Å². The average Bonchev–Trinajstić information content (AvgIpc) is 2.43. The van der Waals surface area contributed by atoms with E-state index < -0.39 is 0 Å². The molecular formula is C20H40O. The molecule has 0 aromatic carbocycles. The lowest BCUT2D eigenvalue weighted by Crippen LogP contribution is -2.15. The summed E-state index contributed by atoms with van der Waals surface area (Å²) >= 11 is 0. The molecule has 1 nitrogen and oxygen atoms in total. The highest BCUT2D eigenvalue weighted by atomic mass is 16.3. The molecule has 126 valence electrons. The summed E-state index contributed by atoms with van der Waals surface area (Å²) in [5.74, 6) is 1.35. The van der Waals surface area contributed by atoms with E-state index in [4.69, 9.17) is 0 Å². The number of allylic oxidation sites excluding steroid dienone is 1. The molecule has 0 amide bonds. The minimum atomic E-state index is -0.0838. The topological polar surface area (TPSA) is 20.2 Å². The summed E-state index contributed by atoms with van der Waals surface area (Å²) in [6, 6.07) is 0. The third-order valence-corrected chi connectivity index (χ3v) is 4.50. The lowest BCUT2D eigenvalue weighted by Gasteiger charge is -2.19. The summed E-state index contributed by atoms with van der Waals surface area (Å²) in [7, 11) is 0. The van der Waals surface area contributed by atoms with Gasteiger partial charge in [-0.05, 0) is 37.5 Å². The van der Waals surface area contributed by atoms with Gasteiger partial charge >= 0.3 is 0 Å².